The fourth-order valence-electron chi connectivity index (χ4n) is 1.26. The van der Waals surface area contributed by atoms with Gasteiger partial charge in [-0.05, 0) is 0 Å². The Kier molecular flexibility index (Phi) is 4.90. The Bertz CT molecular complexity index is 424. The molecule has 0 saturated heterocycles. The zero-order valence-electron chi connectivity index (χ0n) is 8.63. The fraction of sp³-hybridized carbons (Fsp3) is 0.556. The molecule has 1 atom stereocenters. The fourth-order valence-corrected chi connectivity index (χ4v) is 1.26. The summed E-state index contributed by atoms with van der Waals surface area (Å²) in [4.78, 5) is 24.3. The number of H-pyrrole nitrogens is 1. The third-order valence-corrected chi connectivity index (χ3v) is 1.94. The van der Waals surface area contributed by atoms with E-state index in [2.05, 4.69) is 4.98 Å². The number of nitrogens with zero attached hydrogens (tertiary/aromatic N) is 1. The molecule has 0 aliphatic rings. The number of aliphatic hydroxyl groups is 2. The van der Waals surface area contributed by atoms with Crippen LogP contribution in [0.4, 0.5) is 0 Å². The molecule has 0 amide bonds. The Morgan fingerprint density at radius 1 is 1.38 bits per heavy atom. The number of hydrogen-bond acceptors (Lipinski definition) is 5. The highest BCUT2D eigenvalue weighted by atomic mass is 16.5. The molecule has 1 unspecified atom stereocenters. The number of ether oxygens (including phenoxy) is 1. The highest BCUT2D eigenvalue weighted by Crippen LogP contribution is 2.08. The number of aromatic amines is 1. The Morgan fingerprint density at radius 3 is 2.69 bits per heavy atom. The second kappa shape index (κ2) is 6.21. The summed E-state index contributed by atoms with van der Waals surface area (Å²) in [6.45, 7) is -0.294. The van der Waals surface area contributed by atoms with Gasteiger partial charge in [-0.15, -0.1) is 0 Å². The van der Waals surface area contributed by atoms with Gasteiger partial charge in [0.05, 0.1) is 13.2 Å². The Morgan fingerprint density at radius 2 is 2.12 bits per heavy atom. The maximum absolute atomic E-state index is 11.4. The summed E-state index contributed by atoms with van der Waals surface area (Å²) in [5.41, 5.74) is -1.10. The molecule has 1 aromatic rings. The number of hydrogen-bond donors (Lipinski definition) is 3. The lowest BCUT2D eigenvalue weighted by molar-refractivity contribution is -0.0308. The average molecular weight is 230 g/mol. The molecule has 0 fully saturated rings. The van der Waals surface area contributed by atoms with Crippen molar-refractivity contribution in [3.05, 3.63) is 33.1 Å². The molecule has 0 spiro atoms. The van der Waals surface area contributed by atoms with Crippen LogP contribution in [-0.4, -0.2) is 39.6 Å². The van der Waals surface area contributed by atoms with E-state index in [9.17, 15) is 9.59 Å². The van der Waals surface area contributed by atoms with Crippen molar-refractivity contribution < 1.29 is 14.9 Å². The molecule has 0 aliphatic carbocycles. The minimum atomic E-state index is -0.693. The summed E-state index contributed by atoms with van der Waals surface area (Å²) in [7, 11) is 0. The average Bonchev–Trinajstić information content (AvgIpc) is 2.25. The van der Waals surface area contributed by atoms with E-state index in [0.717, 1.165) is 4.57 Å². The van der Waals surface area contributed by atoms with E-state index >= 15 is 0 Å². The summed E-state index contributed by atoms with van der Waals surface area (Å²) >= 11 is 0. The molecule has 7 nitrogen and oxygen atoms in total. The van der Waals surface area contributed by atoms with E-state index in [4.69, 9.17) is 14.9 Å². The third kappa shape index (κ3) is 3.30. The van der Waals surface area contributed by atoms with Crippen molar-refractivity contribution >= 4 is 0 Å². The van der Waals surface area contributed by atoms with Crippen LogP contribution in [0, 0.1) is 0 Å². The van der Waals surface area contributed by atoms with Crippen molar-refractivity contribution in [2.75, 3.05) is 19.8 Å². The molecule has 1 heterocycles. The van der Waals surface area contributed by atoms with Gasteiger partial charge in [0.1, 0.15) is 6.23 Å². The van der Waals surface area contributed by atoms with Gasteiger partial charge in [0.2, 0.25) is 0 Å². The minimum absolute atomic E-state index is 0.0518. The van der Waals surface area contributed by atoms with E-state index in [-0.39, 0.29) is 26.2 Å². The summed E-state index contributed by atoms with van der Waals surface area (Å²) in [6, 6.07) is 1.19. The molecule has 0 aliphatic heterocycles. The van der Waals surface area contributed by atoms with E-state index in [1.54, 1.807) is 0 Å². The second-order valence-electron chi connectivity index (χ2n) is 3.08. The smallest absolute Gasteiger partial charge is 0.330 e. The van der Waals surface area contributed by atoms with Crippen molar-refractivity contribution in [1.82, 2.24) is 9.55 Å². The molecule has 0 radical (unpaired) electrons. The first-order chi connectivity index (χ1) is 7.69. The number of nitrogens with one attached hydrogen (secondary N) is 1. The highest BCUT2D eigenvalue weighted by Gasteiger charge is 2.12. The zero-order chi connectivity index (χ0) is 12.0. The van der Waals surface area contributed by atoms with E-state index < -0.39 is 17.5 Å². The van der Waals surface area contributed by atoms with Crippen LogP contribution in [0.2, 0.25) is 0 Å². The number of aliphatic hydroxyl groups excluding tert-OH is 2. The van der Waals surface area contributed by atoms with Gasteiger partial charge in [-0.2, -0.15) is 0 Å². The molecule has 90 valence electrons. The standard InChI is InChI=1S/C9H14N2O5/c12-4-2-8(16-6-5-13)11-3-1-7(14)10-9(11)15/h1,3,8,12-13H,2,4-6H2,(H,10,14,15). The van der Waals surface area contributed by atoms with Crippen molar-refractivity contribution in [2.45, 2.75) is 12.6 Å². The monoisotopic (exact) mass is 230 g/mol. The molecule has 0 saturated carbocycles. The van der Waals surface area contributed by atoms with Crippen molar-refractivity contribution in [3.63, 3.8) is 0 Å². The normalized spacial score (nSPS) is 12.6. The lowest BCUT2D eigenvalue weighted by Crippen LogP contribution is -2.33. The van der Waals surface area contributed by atoms with Gasteiger partial charge in [0.15, 0.2) is 0 Å². The molecule has 16 heavy (non-hydrogen) atoms. The summed E-state index contributed by atoms with van der Waals surface area (Å²) < 4.78 is 6.33. The molecular formula is C9H14N2O5. The topological polar surface area (TPSA) is 105 Å². The van der Waals surface area contributed by atoms with Crippen LogP contribution in [0.3, 0.4) is 0 Å². The quantitative estimate of drug-likeness (QED) is 0.547. The molecule has 0 bridgehead atoms. The zero-order valence-corrected chi connectivity index (χ0v) is 8.63. The summed E-state index contributed by atoms with van der Waals surface area (Å²) in [5, 5.41) is 17.4. The van der Waals surface area contributed by atoms with Gasteiger partial charge in [-0.25, -0.2) is 4.79 Å². The lowest BCUT2D eigenvalue weighted by Gasteiger charge is -2.18. The van der Waals surface area contributed by atoms with Crippen LogP contribution in [-0.2, 0) is 4.74 Å². The molecule has 1 aromatic heterocycles. The van der Waals surface area contributed by atoms with Gasteiger partial charge < -0.3 is 14.9 Å². The van der Waals surface area contributed by atoms with Crippen LogP contribution in [0.15, 0.2) is 21.9 Å². The second-order valence-corrected chi connectivity index (χ2v) is 3.08. The predicted molar refractivity (Wildman–Crippen MR) is 55.1 cm³/mol. The van der Waals surface area contributed by atoms with Gasteiger partial charge in [-0.3, -0.25) is 14.3 Å². The van der Waals surface area contributed by atoms with Gasteiger partial charge in [0.25, 0.3) is 5.56 Å². The third-order valence-electron chi connectivity index (χ3n) is 1.94. The largest absolute Gasteiger partial charge is 0.396 e. The van der Waals surface area contributed by atoms with Gasteiger partial charge in [0, 0.05) is 25.3 Å². The maximum atomic E-state index is 11.4. The number of aromatic nitrogens is 2. The lowest BCUT2D eigenvalue weighted by atomic mass is 10.4. The number of rotatable bonds is 6. The molecular weight excluding hydrogens is 216 g/mol. The van der Waals surface area contributed by atoms with E-state index in [0.29, 0.717) is 0 Å². The van der Waals surface area contributed by atoms with E-state index in [1.807, 2.05) is 0 Å². The van der Waals surface area contributed by atoms with Crippen LogP contribution in [0.5, 0.6) is 0 Å². The molecule has 7 heteroatoms. The van der Waals surface area contributed by atoms with Gasteiger partial charge in [-0.1, -0.05) is 0 Å². The van der Waals surface area contributed by atoms with Crippen molar-refractivity contribution in [3.8, 4) is 0 Å². The van der Waals surface area contributed by atoms with Crippen LogP contribution in [0.1, 0.15) is 12.6 Å². The molecule has 1 rings (SSSR count). The summed E-state index contributed by atoms with van der Waals surface area (Å²) in [5.74, 6) is 0. The molecule has 0 aromatic carbocycles. The SMILES string of the molecule is O=c1ccn(C(CCO)OCCO)c(=O)[nH]1. The summed E-state index contributed by atoms with van der Waals surface area (Å²) in [6.07, 6.45) is 0.798. The van der Waals surface area contributed by atoms with Crippen LogP contribution < -0.4 is 11.2 Å². The van der Waals surface area contributed by atoms with Crippen molar-refractivity contribution in [1.29, 1.82) is 0 Å². The maximum Gasteiger partial charge on any atom is 0.330 e. The Hall–Kier alpha value is -1.44. The first-order valence-electron chi connectivity index (χ1n) is 4.84. The van der Waals surface area contributed by atoms with Crippen LogP contribution >= 0.6 is 0 Å². The first-order valence-corrected chi connectivity index (χ1v) is 4.84. The Labute approximate surface area is 90.9 Å². The highest BCUT2D eigenvalue weighted by molar-refractivity contribution is 4.84. The van der Waals surface area contributed by atoms with Crippen LogP contribution in [0.25, 0.3) is 0 Å². The minimum Gasteiger partial charge on any atom is -0.396 e. The van der Waals surface area contributed by atoms with Crippen molar-refractivity contribution in [2.24, 2.45) is 0 Å². The van der Waals surface area contributed by atoms with Gasteiger partial charge >= 0.3 is 5.69 Å². The Balaban J connectivity index is 2.91. The predicted octanol–water partition coefficient (Wildman–Crippen LogP) is -1.57. The van der Waals surface area contributed by atoms with E-state index in [1.165, 1.54) is 12.3 Å². The molecule has 3 N–H and O–H groups in total. The first kappa shape index (κ1) is 12.6.